The largest absolute Gasteiger partial charge is 0.497 e. The van der Waals surface area contributed by atoms with Crippen LogP contribution in [-0.4, -0.2) is 62.0 Å². The van der Waals surface area contributed by atoms with Crippen molar-refractivity contribution < 1.29 is 19.1 Å². The molecule has 1 aromatic rings. The topological polar surface area (TPSA) is 59.1 Å². The van der Waals surface area contributed by atoms with E-state index in [0.717, 1.165) is 38.8 Å². The zero-order valence-electron chi connectivity index (χ0n) is 15.0. The van der Waals surface area contributed by atoms with Gasteiger partial charge in [0, 0.05) is 32.1 Å². The van der Waals surface area contributed by atoms with Gasteiger partial charge in [0.25, 0.3) is 5.91 Å². The van der Waals surface area contributed by atoms with Crippen LogP contribution in [0.2, 0.25) is 0 Å². The van der Waals surface area contributed by atoms with E-state index in [2.05, 4.69) is 0 Å². The molecule has 2 amide bonds. The predicted molar refractivity (Wildman–Crippen MR) is 94.0 cm³/mol. The van der Waals surface area contributed by atoms with Gasteiger partial charge in [0.15, 0.2) is 0 Å². The molecular weight excluding hydrogens is 320 g/mol. The van der Waals surface area contributed by atoms with Gasteiger partial charge < -0.3 is 19.3 Å². The quantitative estimate of drug-likeness (QED) is 0.838. The first-order valence-electron chi connectivity index (χ1n) is 8.94. The first-order valence-corrected chi connectivity index (χ1v) is 8.94. The Balaban J connectivity index is 1.64. The molecule has 0 aromatic heterocycles. The van der Waals surface area contributed by atoms with E-state index in [1.54, 1.807) is 32.4 Å². The molecule has 6 heteroatoms. The molecule has 2 saturated heterocycles. The van der Waals surface area contributed by atoms with Crippen molar-refractivity contribution in [2.24, 2.45) is 5.92 Å². The minimum Gasteiger partial charge on any atom is -0.497 e. The van der Waals surface area contributed by atoms with Gasteiger partial charge in [-0.3, -0.25) is 9.59 Å². The van der Waals surface area contributed by atoms with Gasteiger partial charge in [0.2, 0.25) is 5.91 Å². The molecule has 0 aliphatic carbocycles. The number of hydrogen-bond donors (Lipinski definition) is 0. The number of hydrogen-bond acceptors (Lipinski definition) is 4. The minimum atomic E-state index is -0.0668. The molecule has 6 nitrogen and oxygen atoms in total. The fourth-order valence-electron chi connectivity index (χ4n) is 3.68. The highest BCUT2D eigenvalue weighted by atomic mass is 16.5. The van der Waals surface area contributed by atoms with Crippen molar-refractivity contribution >= 4 is 11.8 Å². The second-order valence-electron chi connectivity index (χ2n) is 6.67. The van der Waals surface area contributed by atoms with Gasteiger partial charge in [0.05, 0.1) is 19.8 Å². The number of methoxy groups -OCH3 is 2. The summed E-state index contributed by atoms with van der Waals surface area (Å²) in [5.74, 6) is 1.42. The maximum absolute atomic E-state index is 12.9. The molecule has 0 N–H and O–H groups in total. The van der Waals surface area contributed by atoms with E-state index >= 15 is 0 Å². The third kappa shape index (κ3) is 3.72. The number of likely N-dealkylation sites (tertiary alicyclic amines) is 2. The average Bonchev–Trinajstić information content (AvgIpc) is 3.21. The molecule has 2 aliphatic rings. The van der Waals surface area contributed by atoms with Gasteiger partial charge >= 0.3 is 0 Å². The Hall–Kier alpha value is -2.24. The van der Waals surface area contributed by atoms with Gasteiger partial charge in [-0.1, -0.05) is 0 Å². The lowest BCUT2D eigenvalue weighted by atomic mass is 9.94. The van der Waals surface area contributed by atoms with Crippen molar-refractivity contribution in [1.82, 2.24) is 9.80 Å². The summed E-state index contributed by atoms with van der Waals surface area (Å²) in [4.78, 5) is 29.2. The van der Waals surface area contributed by atoms with E-state index in [4.69, 9.17) is 9.47 Å². The van der Waals surface area contributed by atoms with Crippen molar-refractivity contribution in [3.63, 3.8) is 0 Å². The van der Waals surface area contributed by atoms with Crippen molar-refractivity contribution in [3.8, 4) is 11.5 Å². The summed E-state index contributed by atoms with van der Waals surface area (Å²) < 4.78 is 10.5. The van der Waals surface area contributed by atoms with Gasteiger partial charge in [-0.05, 0) is 43.9 Å². The lowest BCUT2D eigenvalue weighted by Gasteiger charge is -2.33. The summed E-state index contributed by atoms with van der Waals surface area (Å²) in [6.07, 6.45) is 3.68. The van der Waals surface area contributed by atoms with E-state index in [0.29, 0.717) is 30.2 Å². The van der Waals surface area contributed by atoms with E-state index in [1.165, 1.54) is 0 Å². The molecule has 0 radical (unpaired) electrons. The predicted octanol–water partition coefficient (Wildman–Crippen LogP) is 2.18. The molecule has 3 rings (SSSR count). The molecule has 0 atom stereocenters. The lowest BCUT2D eigenvalue weighted by molar-refractivity contribution is -0.135. The fraction of sp³-hybridized carbons (Fsp3) is 0.579. The number of carbonyl (C=O) groups is 2. The molecule has 2 heterocycles. The Kier molecular flexibility index (Phi) is 5.46. The van der Waals surface area contributed by atoms with Crippen molar-refractivity contribution in [3.05, 3.63) is 23.8 Å². The van der Waals surface area contributed by atoms with Crippen molar-refractivity contribution in [1.29, 1.82) is 0 Å². The SMILES string of the molecule is COc1ccc(OC)c(C(=O)N2CCC(C(=O)N3CCCC3)CC2)c1. The first-order chi connectivity index (χ1) is 12.1. The number of ether oxygens (including phenoxy) is 2. The zero-order valence-corrected chi connectivity index (χ0v) is 15.0. The maximum Gasteiger partial charge on any atom is 0.257 e. The smallest absolute Gasteiger partial charge is 0.257 e. The summed E-state index contributed by atoms with van der Waals surface area (Å²) in [5, 5.41) is 0. The van der Waals surface area contributed by atoms with E-state index in [1.807, 2.05) is 9.80 Å². The molecule has 0 bridgehead atoms. The second-order valence-corrected chi connectivity index (χ2v) is 6.67. The molecule has 25 heavy (non-hydrogen) atoms. The van der Waals surface area contributed by atoms with Crippen LogP contribution in [0.4, 0.5) is 0 Å². The zero-order chi connectivity index (χ0) is 17.8. The van der Waals surface area contributed by atoms with Gasteiger partial charge in [0.1, 0.15) is 11.5 Å². The lowest BCUT2D eigenvalue weighted by Crippen LogP contribution is -2.43. The normalized spacial score (nSPS) is 18.3. The number of piperidine rings is 1. The molecule has 136 valence electrons. The fourth-order valence-corrected chi connectivity index (χ4v) is 3.68. The van der Waals surface area contributed by atoms with Crippen LogP contribution >= 0.6 is 0 Å². The summed E-state index contributed by atoms with van der Waals surface area (Å²) in [6, 6.07) is 5.23. The van der Waals surface area contributed by atoms with Crippen molar-refractivity contribution in [2.45, 2.75) is 25.7 Å². The number of benzene rings is 1. The number of nitrogens with zero attached hydrogens (tertiary/aromatic N) is 2. The monoisotopic (exact) mass is 346 g/mol. The Morgan fingerprint density at radius 2 is 1.64 bits per heavy atom. The van der Waals surface area contributed by atoms with Crippen LogP contribution in [-0.2, 0) is 4.79 Å². The van der Waals surface area contributed by atoms with Crippen LogP contribution in [0.25, 0.3) is 0 Å². The maximum atomic E-state index is 12.9. The molecule has 2 fully saturated rings. The Morgan fingerprint density at radius 3 is 2.24 bits per heavy atom. The Labute approximate surface area is 148 Å². The summed E-state index contributed by atoms with van der Waals surface area (Å²) in [7, 11) is 3.13. The average molecular weight is 346 g/mol. The molecule has 1 aromatic carbocycles. The van der Waals surface area contributed by atoms with Crippen LogP contribution < -0.4 is 9.47 Å². The molecule has 0 unspecified atom stereocenters. The van der Waals surface area contributed by atoms with Crippen LogP contribution in [0.15, 0.2) is 18.2 Å². The standard InChI is InChI=1S/C19H26N2O4/c1-24-15-5-6-17(25-2)16(13-15)19(23)21-11-7-14(8-12-21)18(22)20-9-3-4-10-20/h5-6,13-14H,3-4,7-12H2,1-2H3. The number of amides is 2. The van der Waals surface area contributed by atoms with Crippen LogP contribution in [0.3, 0.4) is 0 Å². The molecule has 0 saturated carbocycles. The first kappa shape index (κ1) is 17.6. The molecule has 0 spiro atoms. The van der Waals surface area contributed by atoms with Crippen molar-refractivity contribution in [2.75, 3.05) is 40.4 Å². The highest BCUT2D eigenvalue weighted by molar-refractivity contribution is 5.97. The van der Waals surface area contributed by atoms with E-state index < -0.39 is 0 Å². The van der Waals surface area contributed by atoms with E-state index in [-0.39, 0.29) is 17.7 Å². The molecule has 2 aliphatic heterocycles. The highest BCUT2D eigenvalue weighted by Crippen LogP contribution is 2.28. The highest BCUT2D eigenvalue weighted by Gasteiger charge is 2.32. The Bertz CT molecular complexity index is 632. The summed E-state index contributed by atoms with van der Waals surface area (Å²) >= 11 is 0. The third-order valence-corrected chi connectivity index (χ3v) is 5.19. The summed E-state index contributed by atoms with van der Waals surface area (Å²) in [5.41, 5.74) is 0.506. The molecular formula is C19H26N2O4. The third-order valence-electron chi connectivity index (χ3n) is 5.19. The van der Waals surface area contributed by atoms with Crippen LogP contribution in [0.1, 0.15) is 36.0 Å². The second kappa shape index (κ2) is 7.76. The van der Waals surface area contributed by atoms with E-state index in [9.17, 15) is 9.59 Å². The van der Waals surface area contributed by atoms with Gasteiger partial charge in [-0.2, -0.15) is 0 Å². The van der Waals surface area contributed by atoms with Crippen LogP contribution in [0, 0.1) is 5.92 Å². The minimum absolute atomic E-state index is 0.0503. The number of rotatable bonds is 4. The number of carbonyl (C=O) groups excluding carboxylic acids is 2. The summed E-state index contributed by atoms with van der Waals surface area (Å²) in [6.45, 7) is 2.98. The Morgan fingerprint density at radius 1 is 0.960 bits per heavy atom. The van der Waals surface area contributed by atoms with Gasteiger partial charge in [-0.15, -0.1) is 0 Å². The van der Waals surface area contributed by atoms with Crippen LogP contribution in [0.5, 0.6) is 11.5 Å². The van der Waals surface area contributed by atoms with Gasteiger partial charge in [-0.25, -0.2) is 0 Å².